The molecule has 0 spiro atoms. The van der Waals surface area contributed by atoms with Gasteiger partial charge in [-0.25, -0.2) is 4.79 Å². The predicted octanol–water partition coefficient (Wildman–Crippen LogP) is 2.67. The number of nitrogens with zero attached hydrogens (tertiary/aromatic N) is 3. The Morgan fingerprint density at radius 2 is 2.17 bits per heavy atom. The Labute approximate surface area is 135 Å². The van der Waals surface area contributed by atoms with Crippen LogP contribution in [-0.4, -0.2) is 44.9 Å². The number of hydrogen-bond donors (Lipinski definition) is 2. The fourth-order valence-electron chi connectivity index (χ4n) is 3.10. The number of hydrogen-bond acceptors (Lipinski definition) is 3. The van der Waals surface area contributed by atoms with E-state index in [4.69, 9.17) is 5.11 Å². The summed E-state index contributed by atoms with van der Waals surface area (Å²) in [4.78, 5) is 25.0. The summed E-state index contributed by atoms with van der Waals surface area (Å²) >= 11 is 0. The van der Waals surface area contributed by atoms with E-state index in [1.165, 1.54) is 0 Å². The molecule has 7 nitrogen and oxygen atoms in total. The van der Waals surface area contributed by atoms with Crippen LogP contribution in [0.25, 0.3) is 0 Å². The summed E-state index contributed by atoms with van der Waals surface area (Å²) in [5, 5.41) is 16.5. The second-order valence-electron chi connectivity index (χ2n) is 6.62. The van der Waals surface area contributed by atoms with Crippen LogP contribution in [0.2, 0.25) is 0 Å². The van der Waals surface area contributed by atoms with Crippen molar-refractivity contribution in [2.24, 2.45) is 5.92 Å². The van der Waals surface area contributed by atoms with Crippen LogP contribution in [0.1, 0.15) is 57.2 Å². The van der Waals surface area contributed by atoms with E-state index in [2.05, 4.69) is 24.3 Å². The van der Waals surface area contributed by atoms with Gasteiger partial charge in [0.25, 0.3) is 0 Å². The zero-order valence-electron chi connectivity index (χ0n) is 13.7. The fraction of sp³-hybridized carbons (Fsp3) is 0.688. The van der Waals surface area contributed by atoms with Crippen LogP contribution < -0.4 is 5.32 Å². The van der Waals surface area contributed by atoms with E-state index >= 15 is 0 Å². The van der Waals surface area contributed by atoms with Gasteiger partial charge in [-0.1, -0.05) is 6.92 Å². The van der Waals surface area contributed by atoms with Crippen LogP contribution in [0.15, 0.2) is 6.20 Å². The van der Waals surface area contributed by atoms with Crippen molar-refractivity contribution in [1.29, 1.82) is 0 Å². The number of aromatic nitrogens is 2. The van der Waals surface area contributed by atoms with Crippen molar-refractivity contribution in [1.82, 2.24) is 14.7 Å². The van der Waals surface area contributed by atoms with E-state index in [-0.39, 0.29) is 12.6 Å². The first-order valence-electron chi connectivity index (χ1n) is 8.37. The first-order valence-corrected chi connectivity index (χ1v) is 8.37. The molecule has 0 bridgehead atoms. The van der Waals surface area contributed by atoms with Gasteiger partial charge in [-0.15, -0.1) is 0 Å². The van der Waals surface area contributed by atoms with E-state index < -0.39 is 11.9 Å². The standard InChI is InChI=1S/C16H24N4O3/c1-3-10(2)20-14(11-4-5-11)13(8-17-20)18-16(23)19-7-6-12(9-19)15(21)22/h8,10-12H,3-7,9H2,1-2H3,(H,18,23)(H,21,22). The lowest BCUT2D eigenvalue weighted by atomic mass is 10.1. The second kappa shape index (κ2) is 6.22. The highest BCUT2D eigenvalue weighted by Gasteiger charge is 2.34. The first kappa shape index (κ1) is 15.8. The van der Waals surface area contributed by atoms with Crippen LogP contribution in [0.4, 0.5) is 10.5 Å². The molecule has 1 saturated carbocycles. The van der Waals surface area contributed by atoms with Crippen molar-refractivity contribution in [2.75, 3.05) is 18.4 Å². The van der Waals surface area contributed by atoms with Crippen molar-refractivity contribution in [3.63, 3.8) is 0 Å². The molecule has 2 amide bonds. The average Bonchev–Trinajstić information content (AvgIpc) is 3.09. The van der Waals surface area contributed by atoms with Crippen LogP contribution in [0.3, 0.4) is 0 Å². The summed E-state index contributed by atoms with van der Waals surface area (Å²) in [7, 11) is 0. The summed E-state index contributed by atoms with van der Waals surface area (Å²) in [6.45, 7) is 5.01. The Hall–Kier alpha value is -2.05. The minimum Gasteiger partial charge on any atom is -0.481 e. The van der Waals surface area contributed by atoms with Gasteiger partial charge >= 0.3 is 12.0 Å². The third-order valence-electron chi connectivity index (χ3n) is 4.87. The number of carbonyl (C=O) groups excluding carboxylic acids is 1. The van der Waals surface area contributed by atoms with Gasteiger partial charge in [0.15, 0.2) is 0 Å². The first-order chi connectivity index (χ1) is 11.0. The Kier molecular flexibility index (Phi) is 4.28. The van der Waals surface area contributed by atoms with Crippen molar-refractivity contribution in [3.8, 4) is 0 Å². The zero-order chi connectivity index (χ0) is 16.6. The van der Waals surface area contributed by atoms with E-state index in [0.717, 1.165) is 30.6 Å². The smallest absolute Gasteiger partial charge is 0.321 e. The third kappa shape index (κ3) is 3.18. The highest BCUT2D eigenvalue weighted by molar-refractivity contribution is 5.90. The number of anilines is 1. The summed E-state index contributed by atoms with van der Waals surface area (Å²) < 4.78 is 2.03. The lowest BCUT2D eigenvalue weighted by Crippen LogP contribution is -2.34. The minimum atomic E-state index is -0.830. The molecule has 7 heteroatoms. The van der Waals surface area contributed by atoms with E-state index in [1.54, 1.807) is 11.1 Å². The molecule has 2 unspecified atom stereocenters. The number of carboxylic acid groups (broad SMARTS) is 1. The molecule has 1 aromatic heterocycles. The lowest BCUT2D eigenvalue weighted by molar-refractivity contribution is -0.141. The molecule has 2 atom stereocenters. The summed E-state index contributed by atoms with van der Waals surface area (Å²) in [5.41, 5.74) is 1.89. The van der Waals surface area contributed by atoms with Crippen LogP contribution in [0.5, 0.6) is 0 Å². The van der Waals surface area contributed by atoms with Gasteiger partial charge in [0.1, 0.15) is 0 Å². The summed E-state index contributed by atoms with van der Waals surface area (Å²) in [5.74, 6) is -0.804. The fourth-order valence-corrected chi connectivity index (χ4v) is 3.10. The maximum absolute atomic E-state index is 12.4. The normalized spacial score (nSPS) is 22.2. The molecule has 1 aromatic rings. The van der Waals surface area contributed by atoms with Crippen LogP contribution in [-0.2, 0) is 4.79 Å². The van der Waals surface area contributed by atoms with E-state index in [9.17, 15) is 9.59 Å². The van der Waals surface area contributed by atoms with Crippen molar-refractivity contribution >= 4 is 17.7 Å². The predicted molar refractivity (Wildman–Crippen MR) is 85.5 cm³/mol. The van der Waals surface area contributed by atoms with E-state index in [1.807, 2.05) is 4.68 Å². The molecule has 126 valence electrons. The van der Waals surface area contributed by atoms with Gasteiger partial charge < -0.3 is 15.3 Å². The molecule has 3 rings (SSSR count). The van der Waals surface area contributed by atoms with Crippen molar-refractivity contribution < 1.29 is 14.7 Å². The van der Waals surface area contributed by atoms with Gasteiger partial charge in [-0.3, -0.25) is 9.48 Å². The number of nitrogens with one attached hydrogen (secondary N) is 1. The van der Waals surface area contributed by atoms with Crippen molar-refractivity contribution in [3.05, 3.63) is 11.9 Å². The third-order valence-corrected chi connectivity index (χ3v) is 4.87. The lowest BCUT2D eigenvalue weighted by Gasteiger charge is -2.18. The number of carbonyl (C=O) groups is 2. The van der Waals surface area contributed by atoms with Crippen LogP contribution >= 0.6 is 0 Å². The monoisotopic (exact) mass is 320 g/mol. The topological polar surface area (TPSA) is 87.5 Å². The Morgan fingerprint density at radius 1 is 1.43 bits per heavy atom. The molecule has 2 heterocycles. The molecular formula is C16H24N4O3. The number of urea groups is 1. The largest absolute Gasteiger partial charge is 0.481 e. The summed E-state index contributed by atoms with van der Waals surface area (Å²) in [6, 6.07) is 0.0822. The van der Waals surface area contributed by atoms with Gasteiger partial charge in [0, 0.05) is 25.0 Å². The molecular weight excluding hydrogens is 296 g/mol. The number of likely N-dealkylation sites (tertiary alicyclic amines) is 1. The zero-order valence-corrected chi connectivity index (χ0v) is 13.7. The number of amides is 2. The summed E-state index contributed by atoms with van der Waals surface area (Å²) in [6.07, 6.45) is 5.50. The second-order valence-corrected chi connectivity index (χ2v) is 6.62. The molecule has 23 heavy (non-hydrogen) atoms. The molecule has 1 aliphatic heterocycles. The maximum Gasteiger partial charge on any atom is 0.321 e. The Morgan fingerprint density at radius 3 is 2.74 bits per heavy atom. The van der Waals surface area contributed by atoms with Crippen LogP contribution in [0, 0.1) is 5.92 Å². The SMILES string of the molecule is CCC(C)n1ncc(NC(=O)N2CCC(C(=O)O)C2)c1C1CC1. The number of aliphatic carboxylic acids is 1. The molecule has 2 aliphatic rings. The molecule has 2 N–H and O–H groups in total. The highest BCUT2D eigenvalue weighted by atomic mass is 16.4. The molecule has 2 fully saturated rings. The van der Waals surface area contributed by atoms with Gasteiger partial charge in [0.05, 0.1) is 23.5 Å². The Balaban J connectivity index is 1.72. The maximum atomic E-state index is 12.4. The molecule has 0 aromatic carbocycles. The van der Waals surface area contributed by atoms with Gasteiger partial charge in [-0.2, -0.15) is 5.10 Å². The molecule has 1 aliphatic carbocycles. The quantitative estimate of drug-likeness (QED) is 0.873. The number of carboxylic acids is 1. The van der Waals surface area contributed by atoms with Crippen molar-refractivity contribution in [2.45, 2.75) is 51.5 Å². The number of rotatable bonds is 5. The van der Waals surface area contributed by atoms with Gasteiger partial charge in [-0.05, 0) is 32.6 Å². The highest BCUT2D eigenvalue weighted by Crippen LogP contribution is 2.44. The molecule has 1 saturated heterocycles. The molecule has 0 radical (unpaired) electrons. The minimum absolute atomic E-state index is 0.223. The van der Waals surface area contributed by atoms with E-state index in [0.29, 0.717) is 24.9 Å². The van der Waals surface area contributed by atoms with Gasteiger partial charge in [0.2, 0.25) is 0 Å². The Bertz CT molecular complexity index is 608. The average molecular weight is 320 g/mol.